The van der Waals surface area contributed by atoms with Crippen molar-refractivity contribution in [1.82, 2.24) is 5.32 Å². The Hall–Kier alpha value is -1.78. The van der Waals surface area contributed by atoms with Crippen LogP contribution in [-0.4, -0.2) is 23.9 Å². The van der Waals surface area contributed by atoms with Gasteiger partial charge in [-0.2, -0.15) is 0 Å². The molecule has 0 fully saturated rings. The molecule has 2 aromatic rings. The average Bonchev–Trinajstić information content (AvgIpc) is 2.53. The molecular weight excluding hydrogens is 270 g/mol. The van der Waals surface area contributed by atoms with Gasteiger partial charge in [0.05, 0.1) is 18.2 Å². The standard InChI is InChI=1S/C16H17NO2S/c1-20-15-10-6-5-9-13(15)16(19)17-14(11-18)12-7-3-2-4-8-12/h2-10,14,18H,11H2,1H3,(H,17,19)/t14-/m0/s1. The van der Waals surface area contributed by atoms with E-state index in [9.17, 15) is 9.90 Å². The first-order valence-corrected chi connectivity index (χ1v) is 7.58. The normalized spacial score (nSPS) is 11.9. The minimum absolute atomic E-state index is 0.128. The lowest BCUT2D eigenvalue weighted by molar-refractivity contribution is 0.0913. The van der Waals surface area contributed by atoms with Crippen LogP contribution in [0.2, 0.25) is 0 Å². The van der Waals surface area contributed by atoms with Crippen molar-refractivity contribution in [2.75, 3.05) is 12.9 Å². The van der Waals surface area contributed by atoms with Gasteiger partial charge in [0.25, 0.3) is 5.91 Å². The summed E-state index contributed by atoms with van der Waals surface area (Å²) in [7, 11) is 0. The molecule has 3 nitrogen and oxygen atoms in total. The van der Waals surface area contributed by atoms with Crippen molar-refractivity contribution >= 4 is 17.7 Å². The van der Waals surface area contributed by atoms with E-state index >= 15 is 0 Å². The van der Waals surface area contributed by atoms with Crippen LogP contribution >= 0.6 is 11.8 Å². The summed E-state index contributed by atoms with van der Waals surface area (Å²) in [5, 5.41) is 12.4. The van der Waals surface area contributed by atoms with E-state index in [1.807, 2.05) is 54.8 Å². The highest BCUT2D eigenvalue weighted by molar-refractivity contribution is 7.98. The molecule has 4 heteroatoms. The molecule has 0 radical (unpaired) electrons. The zero-order valence-electron chi connectivity index (χ0n) is 11.2. The zero-order valence-corrected chi connectivity index (χ0v) is 12.1. The summed E-state index contributed by atoms with van der Waals surface area (Å²) in [6, 6.07) is 16.5. The Morgan fingerprint density at radius 1 is 1.15 bits per heavy atom. The second kappa shape index (κ2) is 7.12. The van der Waals surface area contributed by atoms with Crippen LogP contribution in [0.15, 0.2) is 59.5 Å². The van der Waals surface area contributed by atoms with Gasteiger partial charge in [0.2, 0.25) is 0 Å². The Bertz CT molecular complexity index is 572. The van der Waals surface area contributed by atoms with Crippen LogP contribution in [0, 0.1) is 0 Å². The summed E-state index contributed by atoms with van der Waals surface area (Å²) in [5.74, 6) is -0.169. The average molecular weight is 287 g/mol. The molecule has 0 heterocycles. The number of carbonyl (C=O) groups excluding carboxylic acids is 1. The monoisotopic (exact) mass is 287 g/mol. The van der Waals surface area contributed by atoms with Crippen LogP contribution in [0.25, 0.3) is 0 Å². The van der Waals surface area contributed by atoms with E-state index in [0.717, 1.165) is 10.5 Å². The fourth-order valence-electron chi connectivity index (χ4n) is 1.99. The van der Waals surface area contributed by atoms with Crippen molar-refractivity contribution in [1.29, 1.82) is 0 Å². The fraction of sp³-hybridized carbons (Fsp3) is 0.188. The molecule has 0 saturated heterocycles. The Kier molecular flexibility index (Phi) is 5.21. The minimum Gasteiger partial charge on any atom is -0.394 e. The highest BCUT2D eigenvalue weighted by Gasteiger charge is 2.16. The SMILES string of the molecule is CSc1ccccc1C(=O)N[C@@H](CO)c1ccccc1. The number of benzene rings is 2. The van der Waals surface area contributed by atoms with E-state index < -0.39 is 6.04 Å². The molecule has 2 rings (SSSR count). The van der Waals surface area contributed by atoms with Crippen molar-refractivity contribution in [2.45, 2.75) is 10.9 Å². The molecule has 20 heavy (non-hydrogen) atoms. The van der Waals surface area contributed by atoms with E-state index in [2.05, 4.69) is 5.32 Å². The van der Waals surface area contributed by atoms with Gasteiger partial charge in [-0.25, -0.2) is 0 Å². The number of aliphatic hydroxyl groups excluding tert-OH is 1. The van der Waals surface area contributed by atoms with Crippen molar-refractivity contribution < 1.29 is 9.90 Å². The van der Waals surface area contributed by atoms with Crippen molar-refractivity contribution in [2.24, 2.45) is 0 Å². The van der Waals surface area contributed by atoms with Crippen LogP contribution in [0.3, 0.4) is 0 Å². The van der Waals surface area contributed by atoms with Gasteiger partial charge in [-0.1, -0.05) is 42.5 Å². The summed E-state index contributed by atoms with van der Waals surface area (Å²) >= 11 is 1.53. The first-order valence-electron chi connectivity index (χ1n) is 6.36. The molecule has 0 aliphatic heterocycles. The van der Waals surface area contributed by atoms with Gasteiger partial charge < -0.3 is 10.4 Å². The Morgan fingerprint density at radius 3 is 2.45 bits per heavy atom. The predicted octanol–water partition coefficient (Wildman–Crippen LogP) is 2.87. The molecule has 0 spiro atoms. The molecule has 0 unspecified atom stereocenters. The third-order valence-corrected chi connectivity index (χ3v) is 3.84. The van der Waals surface area contributed by atoms with Crippen LogP contribution in [0.4, 0.5) is 0 Å². The molecule has 0 aliphatic rings. The number of hydrogen-bond acceptors (Lipinski definition) is 3. The second-order valence-corrected chi connectivity index (χ2v) is 5.17. The number of hydrogen-bond donors (Lipinski definition) is 2. The minimum atomic E-state index is -0.390. The number of amides is 1. The van der Waals surface area contributed by atoms with E-state index in [0.29, 0.717) is 5.56 Å². The highest BCUT2D eigenvalue weighted by Crippen LogP contribution is 2.21. The molecule has 2 aromatic carbocycles. The van der Waals surface area contributed by atoms with Crippen LogP contribution in [-0.2, 0) is 0 Å². The summed E-state index contributed by atoms with van der Waals surface area (Å²) in [6.45, 7) is -0.128. The van der Waals surface area contributed by atoms with Crippen LogP contribution < -0.4 is 5.32 Å². The van der Waals surface area contributed by atoms with Gasteiger partial charge in [-0.3, -0.25) is 4.79 Å². The molecule has 0 aromatic heterocycles. The van der Waals surface area contributed by atoms with Crippen molar-refractivity contribution in [3.63, 3.8) is 0 Å². The molecule has 2 N–H and O–H groups in total. The molecule has 104 valence electrons. The van der Waals surface area contributed by atoms with Crippen molar-refractivity contribution in [3.8, 4) is 0 Å². The number of rotatable bonds is 5. The second-order valence-electron chi connectivity index (χ2n) is 4.32. The van der Waals surface area contributed by atoms with Crippen LogP contribution in [0.1, 0.15) is 22.0 Å². The first kappa shape index (κ1) is 14.6. The highest BCUT2D eigenvalue weighted by atomic mass is 32.2. The lowest BCUT2D eigenvalue weighted by Crippen LogP contribution is -2.31. The largest absolute Gasteiger partial charge is 0.394 e. The fourth-order valence-corrected chi connectivity index (χ4v) is 2.58. The summed E-state index contributed by atoms with van der Waals surface area (Å²) in [4.78, 5) is 13.3. The summed E-state index contributed by atoms with van der Waals surface area (Å²) < 4.78 is 0. The predicted molar refractivity (Wildman–Crippen MR) is 82.0 cm³/mol. The zero-order chi connectivity index (χ0) is 14.4. The lowest BCUT2D eigenvalue weighted by Gasteiger charge is -2.17. The lowest BCUT2D eigenvalue weighted by atomic mass is 10.1. The Morgan fingerprint density at radius 2 is 1.80 bits per heavy atom. The Balaban J connectivity index is 2.18. The maximum Gasteiger partial charge on any atom is 0.252 e. The van der Waals surface area contributed by atoms with E-state index in [1.54, 1.807) is 6.07 Å². The third-order valence-electron chi connectivity index (χ3n) is 3.04. The smallest absolute Gasteiger partial charge is 0.252 e. The third kappa shape index (κ3) is 3.40. The van der Waals surface area contributed by atoms with Gasteiger partial charge in [0, 0.05) is 4.90 Å². The van der Waals surface area contributed by atoms with Crippen LogP contribution in [0.5, 0.6) is 0 Å². The number of carbonyl (C=O) groups is 1. The number of aliphatic hydroxyl groups is 1. The van der Waals surface area contributed by atoms with Gasteiger partial charge in [0.15, 0.2) is 0 Å². The summed E-state index contributed by atoms with van der Waals surface area (Å²) in [6.07, 6.45) is 1.94. The summed E-state index contributed by atoms with van der Waals surface area (Å²) in [5.41, 5.74) is 1.53. The van der Waals surface area contributed by atoms with E-state index in [-0.39, 0.29) is 12.5 Å². The van der Waals surface area contributed by atoms with Gasteiger partial charge in [0.1, 0.15) is 0 Å². The van der Waals surface area contributed by atoms with E-state index in [4.69, 9.17) is 0 Å². The molecule has 0 aliphatic carbocycles. The van der Waals surface area contributed by atoms with E-state index in [1.165, 1.54) is 11.8 Å². The molecular formula is C16H17NO2S. The first-order chi connectivity index (χ1) is 9.76. The number of nitrogens with one attached hydrogen (secondary N) is 1. The molecule has 1 amide bonds. The molecule has 1 atom stereocenters. The maximum absolute atomic E-state index is 12.3. The van der Waals surface area contributed by atoms with Crippen molar-refractivity contribution in [3.05, 3.63) is 65.7 Å². The molecule has 0 bridgehead atoms. The molecule has 0 saturated carbocycles. The topological polar surface area (TPSA) is 49.3 Å². The maximum atomic E-state index is 12.3. The quantitative estimate of drug-likeness (QED) is 0.831. The van der Waals surface area contributed by atoms with Gasteiger partial charge in [-0.15, -0.1) is 11.8 Å². The van der Waals surface area contributed by atoms with Gasteiger partial charge in [-0.05, 0) is 24.0 Å². The number of thioether (sulfide) groups is 1. The van der Waals surface area contributed by atoms with Gasteiger partial charge >= 0.3 is 0 Å². The Labute approximate surface area is 123 Å².